The number of benzene rings is 2. The summed E-state index contributed by atoms with van der Waals surface area (Å²) in [6.07, 6.45) is 0. The Morgan fingerprint density at radius 3 is 2.52 bits per heavy atom. The maximum absolute atomic E-state index is 12.0. The molecular formula is C18H15ClN2O4. The van der Waals surface area contributed by atoms with Gasteiger partial charge in [0.15, 0.2) is 6.61 Å². The summed E-state index contributed by atoms with van der Waals surface area (Å²) in [6.45, 7) is 2.36. The molecule has 0 N–H and O–H groups in total. The summed E-state index contributed by atoms with van der Waals surface area (Å²) in [5, 5.41) is 4.48. The number of aromatic nitrogens is 2. The molecule has 0 saturated heterocycles. The van der Waals surface area contributed by atoms with Gasteiger partial charge in [0.1, 0.15) is 5.75 Å². The molecule has 3 aromatic rings. The van der Waals surface area contributed by atoms with E-state index in [1.807, 2.05) is 6.92 Å². The lowest BCUT2D eigenvalue weighted by Crippen LogP contribution is -2.05. The van der Waals surface area contributed by atoms with Crippen molar-refractivity contribution in [3.05, 3.63) is 65.0 Å². The van der Waals surface area contributed by atoms with Crippen molar-refractivity contribution in [1.29, 1.82) is 0 Å². The minimum absolute atomic E-state index is 0.105. The molecule has 6 nitrogen and oxygen atoms in total. The zero-order chi connectivity index (χ0) is 17.6. The molecule has 0 aliphatic carbocycles. The Morgan fingerprint density at radius 2 is 1.84 bits per heavy atom. The van der Waals surface area contributed by atoms with Gasteiger partial charge >= 0.3 is 5.97 Å². The van der Waals surface area contributed by atoms with Crippen LogP contribution >= 0.6 is 11.6 Å². The van der Waals surface area contributed by atoms with Crippen LogP contribution in [0.15, 0.2) is 53.1 Å². The van der Waals surface area contributed by atoms with Crippen molar-refractivity contribution >= 4 is 17.6 Å². The second-order valence-electron chi connectivity index (χ2n) is 5.05. The summed E-state index contributed by atoms with van der Waals surface area (Å²) in [5.41, 5.74) is 1.18. The summed E-state index contributed by atoms with van der Waals surface area (Å²) in [6, 6.07) is 13.7. The van der Waals surface area contributed by atoms with Crippen molar-refractivity contribution in [2.45, 2.75) is 13.5 Å². The Balaban J connectivity index is 1.60. The van der Waals surface area contributed by atoms with Gasteiger partial charge in [-0.2, -0.15) is 4.98 Å². The molecule has 1 aromatic heterocycles. The summed E-state index contributed by atoms with van der Waals surface area (Å²) in [5.74, 6) is 0.839. The van der Waals surface area contributed by atoms with E-state index in [0.717, 1.165) is 5.56 Å². The van der Waals surface area contributed by atoms with Gasteiger partial charge in [0.25, 0.3) is 5.89 Å². The molecule has 0 fully saturated rings. The van der Waals surface area contributed by atoms with E-state index in [2.05, 4.69) is 10.1 Å². The molecule has 2 aromatic carbocycles. The highest BCUT2D eigenvalue weighted by Crippen LogP contribution is 2.19. The topological polar surface area (TPSA) is 74.5 Å². The summed E-state index contributed by atoms with van der Waals surface area (Å²) >= 11 is 5.84. The van der Waals surface area contributed by atoms with Gasteiger partial charge in [-0.15, -0.1) is 0 Å². The van der Waals surface area contributed by atoms with E-state index in [0.29, 0.717) is 28.8 Å². The van der Waals surface area contributed by atoms with Gasteiger partial charge in [0, 0.05) is 10.6 Å². The van der Waals surface area contributed by atoms with E-state index in [4.69, 9.17) is 25.6 Å². The first kappa shape index (κ1) is 17.0. The standard InChI is InChI=1S/C18H15ClN2O4/c1-2-23-15-9-5-13(6-10-15)18(22)24-11-16-20-17(21-25-16)12-3-7-14(19)8-4-12/h3-10H,2,11H2,1H3. The summed E-state index contributed by atoms with van der Waals surface area (Å²) < 4.78 is 15.6. The van der Waals surface area contributed by atoms with Gasteiger partial charge in [0.2, 0.25) is 5.82 Å². The van der Waals surface area contributed by atoms with Crippen LogP contribution in [0.1, 0.15) is 23.2 Å². The zero-order valence-corrected chi connectivity index (χ0v) is 14.2. The molecule has 7 heteroatoms. The molecule has 0 atom stereocenters. The van der Waals surface area contributed by atoms with Crippen molar-refractivity contribution in [1.82, 2.24) is 10.1 Å². The Labute approximate surface area is 149 Å². The number of halogens is 1. The quantitative estimate of drug-likeness (QED) is 0.616. The third-order valence-corrected chi connectivity index (χ3v) is 3.55. The van der Waals surface area contributed by atoms with Gasteiger partial charge in [-0.1, -0.05) is 16.8 Å². The Kier molecular flexibility index (Phi) is 5.30. The number of carbonyl (C=O) groups is 1. The van der Waals surface area contributed by atoms with E-state index in [-0.39, 0.29) is 12.5 Å². The third-order valence-electron chi connectivity index (χ3n) is 3.30. The number of hydrogen-bond acceptors (Lipinski definition) is 6. The lowest BCUT2D eigenvalue weighted by atomic mass is 10.2. The molecule has 0 bridgehead atoms. The van der Waals surface area contributed by atoms with Crippen LogP contribution < -0.4 is 4.74 Å². The number of carbonyl (C=O) groups excluding carboxylic acids is 1. The van der Waals surface area contributed by atoms with E-state index in [9.17, 15) is 4.79 Å². The molecule has 0 spiro atoms. The Morgan fingerprint density at radius 1 is 1.12 bits per heavy atom. The van der Waals surface area contributed by atoms with Crippen LogP contribution in [0, 0.1) is 0 Å². The Bertz CT molecular complexity index is 844. The van der Waals surface area contributed by atoms with E-state index in [1.165, 1.54) is 0 Å². The first-order valence-electron chi connectivity index (χ1n) is 7.64. The van der Waals surface area contributed by atoms with Crippen LogP contribution in [-0.2, 0) is 11.3 Å². The van der Waals surface area contributed by atoms with Crippen LogP contribution in [0.4, 0.5) is 0 Å². The number of nitrogens with zero attached hydrogens (tertiary/aromatic N) is 2. The maximum atomic E-state index is 12.0. The molecule has 25 heavy (non-hydrogen) atoms. The number of esters is 1. The maximum Gasteiger partial charge on any atom is 0.338 e. The molecule has 0 saturated carbocycles. The van der Waals surface area contributed by atoms with Crippen LogP contribution in [0.3, 0.4) is 0 Å². The molecule has 0 radical (unpaired) electrons. The lowest BCUT2D eigenvalue weighted by Gasteiger charge is -2.04. The first-order valence-corrected chi connectivity index (χ1v) is 8.02. The fourth-order valence-corrected chi connectivity index (χ4v) is 2.22. The lowest BCUT2D eigenvalue weighted by molar-refractivity contribution is 0.0430. The highest BCUT2D eigenvalue weighted by Gasteiger charge is 2.12. The van der Waals surface area contributed by atoms with Crippen LogP contribution in [0.25, 0.3) is 11.4 Å². The van der Waals surface area contributed by atoms with Gasteiger partial charge in [-0.05, 0) is 55.5 Å². The fraction of sp³-hybridized carbons (Fsp3) is 0.167. The molecule has 0 aliphatic heterocycles. The van der Waals surface area contributed by atoms with Crippen molar-refractivity contribution in [3.8, 4) is 17.1 Å². The SMILES string of the molecule is CCOc1ccc(C(=O)OCc2nc(-c3ccc(Cl)cc3)no2)cc1. The van der Waals surface area contributed by atoms with E-state index >= 15 is 0 Å². The monoisotopic (exact) mass is 358 g/mol. The van der Waals surface area contributed by atoms with Gasteiger partial charge in [0.05, 0.1) is 12.2 Å². The molecule has 3 rings (SSSR count). The average molecular weight is 359 g/mol. The van der Waals surface area contributed by atoms with Crippen molar-refractivity contribution in [2.24, 2.45) is 0 Å². The molecule has 1 heterocycles. The highest BCUT2D eigenvalue weighted by molar-refractivity contribution is 6.30. The van der Waals surface area contributed by atoms with Crippen LogP contribution in [0.5, 0.6) is 5.75 Å². The molecule has 0 amide bonds. The largest absolute Gasteiger partial charge is 0.494 e. The van der Waals surface area contributed by atoms with Crippen molar-refractivity contribution < 1.29 is 18.8 Å². The number of rotatable bonds is 6. The average Bonchev–Trinajstić information content (AvgIpc) is 3.10. The van der Waals surface area contributed by atoms with Crippen LogP contribution in [-0.4, -0.2) is 22.7 Å². The predicted octanol–water partition coefficient (Wildman–Crippen LogP) is 4.15. The second kappa shape index (κ2) is 7.81. The van der Waals surface area contributed by atoms with Crippen molar-refractivity contribution in [2.75, 3.05) is 6.61 Å². The molecule has 0 unspecified atom stereocenters. The number of hydrogen-bond donors (Lipinski definition) is 0. The first-order chi connectivity index (χ1) is 12.2. The van der Waals surface area contributed by atoms with Crippen molar-refractivity contribution in [3.63, 3.8) is 0 Å². The molecular weight excluding hydrogens is 344 g/mol. The normalized spacial score (nSPS) is 10.5. The van der Waals surface area contributed by atoms with Gasteiger partial charge in [-0.3, -0.25) is 0 Å². The molecule has 0 aliphatic rings. The minimum Gasteiger partial charge on any atom is -0.494 e. The third kappa shape index (κ3) is 4.36. The fourth-order valence-electron chi connectivity index (χ4n) is 2.09. The second-order valence-corrected chi connectivity index (χ2v) is 5.49. The smallest absolute Gasteiger partial charge is 0.338 e. The highest BCUT2D eigenvalue weighted by atomic mass is 35.5. The van der Waals surface area contributed by atoms with Gasteiger partial charge < -0.3 is 14.0 Å². The molecule has 128 valence electrons. The Hall–Kier alpha value is -2.86. The zero-order valence-electron chi connectivity index (χ0n) is 13.4. The van der Waals surface area contributed by atoms with E-state index < -0.39 is 5.97 Å². The van der Waals surface area contributed by atoms with E-state index in [1.54, 1.807) is 48.5 Å². The minimum atomic E-state index is -0.478. The number of ether oxygens (including phenoxy) is 2. The summed E-state index contributed by atoms with van der Waals surface area (Å²) in [7, 11) is 0. The summed E-state index contributed by atoms with van der Waals surface area (Å²) in [4.78, 5) is 16.2. The predicted molar refractivity (Wildman–Crippen MR) is 91.5 cm³/mol. The van der Waals surface area contributed by atoms with Gasteiger partial charge in [-0.25, -0.2) is 4.79 Å². The van der Waals surface area contributed by atoms with Crippen LogP contribution in [0.2, 0.25) is 5.02 Å².